The molecular formula is C13H7ClF3N3. The number of halogens is 4. The van der Waals surface area contributed by atoms with E-state index in [0.717, 1.165) is 12.1 Å². The van der Waals surface area contributed by atoms with Gasteiger partial charge in [0.2, 0.25) is 5.28 Å². The standard InChI is InChI=1S/C13H7ClF3N3/c14-12-18-10-7-8(13(15,16)17)3-4-9(10)11(19-12)20-5-1-2-6-20/h1-7H. The fraction of sp³-hybridized carbons (Fsp3) is 0.0769. The van der Waals surface area contributed by atoms with Gasteiger partial charge >= 0.3 is 6.18 Å². The topological polar surface area (TPSA) is 30.7 Å². The van der Waals surface area contributed by atoms with Crippen LogP contribution in [0.15, 0.2) is 42.7 Å². The summed E-state index contributed by atoms with van der Waals surface area (Å²) in [5.41, 5.74) is -0.609. The number of aromatic nitrogens is 3. The van der Waals surface area contributed by atoms with E-state index >= 15 is 0 Å². The van der Waals surface area contributed by atoms with E-state index in [-0.39, 0.29) is 10.8 Å². The molecule has 0 radical (unpaired) electrons. The van der Waals surface area contributed by atoms with Gasteiger partial charge in [-0.2, -0.15) is 18.2 Å². The lowest BCUT2D eigenvalue weighted by molar-refractivity contribution is -0.137. The second-order valence-corrected chi connectivity index (χ2v) is 4.47. The molecule has 0 aliphatic heterocycles. The van der Waals surface area contributed by atoms with Crippen LogP contribution >= 0.6 is 11.6 Å². The van der Waals surface area contributed by atoms with E-state index in [1.165, 1.54) is 6.07 Å². The molecule has 7 heteroatoms. The van der Waals surface area contributed by atoms with Gasteiger partial charge in [-0.05, 0) is 41.9 Å². The molecule has 1 aromatic carbocycles. The highest BCUT2D eigenvalue weighted by Gasteiger charge is 2.30. The Labute approximate surface area is 116 Å². The molecule has 2 heterocycles. The van der Waals surface area contributed by atoms with E-state index in [1.54, 1.807) is 29.1 Å². The molecule has 3 aromatic rings. The van der Waals surface area contributed by atoms with Gasteiger partial charge in [0.25, 0.3) is 0 Å². The third kappa shape index (κ3) is 2.22. The van der Waals surface area contributed by atoms with Gasteiger partial charge in [-0.3, -0.25) is 0 Å². The van der Waals surface area contributed by atoms with Crippen molar-refractivity contribution < 1.29 is 13.2 Å². The van der Waals surface area contributed by atoms with E-state index in [4.69, 9.17) is 11.6 Å². The van der Waals surface area contributed by atoms with Crippen molar-refractivity contribution in [1.82, 2.24) is 14.5 Å². The molecule has 0 N–H and O–H groups in total. The summed E-state index contributed by atoms with van der Waals surface area (Å²) in [6, 6.07) is 6.89. The van der Waals surface area contributed by atoms with Gasteiger partial charge in [-0.1, -0.05) is 0 Å². The lowest BCUT2D eigenvalue weighted by Crippen LogP contribution is -2.06. The zero-order chi connectivity index (χ0) is 14.3. The average Bonchev–Trinajstić information content (AvgIpc) is 2.89. The maximum Gasteiger partial charge on any atom is 0.416 e. The van der Waals surface area contributed by atoms with Gasteiger partial charge < -0.3 is 4.57 Å². The van der Waals surface area contributed by atoms with Gasteiger partial charge in [-0.25, -0.2) is 4.98 Å². The summed E-state index contributed by atoms with van der Waals surface area (Å²) in [6.45, 7) is 0. The number of benzene rings is 1. The molecule has 3 nitrogen and oxygen atoms in total. The average molecular weight is 298 g/mol. The summed E-state index contributed by atoms with van der Waals surface area (Å²) in [7, 11) is 0. The minimum Gasteiger partial charge on any atom is -0.308 e. The van der Waals surface area contributed by atoms with Crippen LogP contribution in [0.2, 0.25) is 5.28 Å². The van der Waals surface area contributed by atoms with Crippen molar-refractivity contribution >= 4 is 22.5 Å². The van der Waals surface area contributed by atoms with E-state index in [9.17, 15) is 13.2 Å². The van der Waals surface area contributed by atoms with E-state index < -0.39 is 11.7 Å². The fourth-order valence-corrected chi connectivity index (χ4v) is 2.11. The monoisotopic (exact) mass is 297 g/mol. The number of hydrogen-bond acceptors (Lipinski definition) is 2. The lowest BCUT2D eigenvalue weighted by Gasteiger charge is -2.10. The van der Waals surface area contributed by atoms with Crippen LogP contribution in [-0.2, 0) is 6.18 Å². The SMILES string of the molecule is FC(F)(F)c1ccc2c(-n3cccc3)nc(Cl)nc2c1. The molecule has 0 unspecified atom stereocenters. The first-order valence-electron chi connectivity index (χ1n) is 5.63. The zero-order valence-electron chi connectivity index (χ0n) is 9.89. The Bertz CT molecular complexity index is 766. The van der Waals surface area contributed by atoms with Crippen LogP contribution in [0.5, 0.6) is 0 Å². The van der Waals surface area contributed by atoms with Crippen molar-refractivity contribution in [3.8, 4) is 5.82 Å². The van der Waals surface area contributed by atoms with Crippen LogP contribution in [0.4, 0.5) is 13.2 Å². The predicted molar refractivity (Wildman–Crippen MR) is 68.9 cm³/mol. The smallest absolute Gasteiger partial charge is 0.308 e. The second kappa shape index (κ2) is 4.49. The highest BCUT2D eigenvalue weighted by Crippen LogP contribution is 2.32. The Morgan fingerprint density at radius 3 is 2.40 bits per heavy atom. The molecule has 0 aliphatic rings. The van der Waals surface area contributed by atoms with Crippen molar-refractivity contribution in [3.63, 3.8) is 0 Å². The van der Waals surface area contributed by atoms with Gasteiger partial charge in [0, 0.05) is 17.8 Å². The first-order chi connectivity index (χ1) is 9.45. The van der Waals surface area contributed by atoms with Crippen molar-refractivity contribution in [1.29, 1.82) is 0 Å². The maximum absolute atomic E-state index is 12.7. The molecule has 0 atom stereocenters. The van der Waals surface area contributed by atoms with E-state index in [1.807, 2.05) is 0 Å². The van der Waals surface area contributed by atoms with Crippen LogP contribution < -0.4 is 0 Å². The maximum atomic E-state index is 12.7. The predicted octanol–water partition coefficient (Wildman–Crippen LogP) is 4.09. The molecule has 0 bridgehead atoms. The quantitative estimate of drug-likeness (QED) is 0.633. The van der Waals surface area contributed by atoms with Crippen molar-refractivity contribution in [2.75, 3.05) is 0 Å². The molecule has 0 amide bonds. The normalized spacial score (nSPS) is 12.0. The molecule has 102 valence electrons. The highest BCUT2D eigenvalue weighted by atomic mass is 35.5. The Kier molecular flexibility index (Phi) is 2.90. The lowest BCUT2D eigenvalue weighted by atomic mass is 10.1. The number of hydrogen-bond donors (Lipinski definition) is 0. The van der Waals surface area contributed by atoms with Crippen LogP contribution in [0.25, 0.3) is 16.7 Å². The van der Waals surface area contributed by atoms with Gasteiger partial charge in [0.1, 0.15) is 5.82 Å². The Balaban J connectivity index is 2.28. The van der Waals surface area contributed by atoms with Crippen LogP contribution in [0.1, 0.15) is 5.56 Å². The zero-order valence-corrected chi connectivity index (χ0v) is 10.7. The summed E-state index contributed by atoms with van der Waals surface area (Å²) in [5.74, 6) is 0.443. The molecule has 0 fully saturated rings. The molecule has 0 saturated heterocycles. The third-order valence-electron chi connectivity index (χ3n) is 2.83. The molecular weight excluding hydrogens is 291 g/mol. The van der Waals surface area contributed by atoms with Gasteiger partial charge in [0.05, 0.1) is 11.1 Å². The van der Waals surface area contributed by atoms with Crippen LogP contribution in [-0.4, -0.2) is 14.5 Å². The summed E-state index contributed by atoms with van der Waals surface area (Å²) in [5, 5.41) is 0.402. The molecule has 2 aromatic heterocycles. The molecule has 3 rings (SSSR count). The minimum absolute atomic E-state index is 0.0967. The largest absolute Gasteiger partial charge is 0.416 e. The molecule has 0 spiro atoms. The number of nitrogens with zero attached hydrogens (tertiary/aromatic N) is 3. The Hall–Kier alpha value is -2.08. The van der Waals surface area contributed by atoms with Gasteiger partial charge in [0.15, 0.2) is 0 Å². The second-order valence-electron chi connectivity index (χ2n) is 4.14. The number of rotatable bonds is 1. The summed E-state index contributed by atoms with van der Waals surface area (Å²) in [4.78, 5) is 7.93. The van der Waals surface area contributed by atoms with E-state index in [0.29, 0.717) is 11.2 Å². The fourth-order valence-electron chi connectivity index (χ4n) is 1.93. The summed E-state index contributed by atoms with van der Waals surface area (Å²) in [6.07, 6.45) is -0.954. The number of fused-ring (bicyclic) bond motifs is 1. The van der Waals surface area contributed by atoms with Crippen molar-refractivity contribution in [2.24, 2.45) is 0 Å². The number of alkyl halides is 3. The molecule has 0 aliphatic carbocycles. The molecule has 0 saturated carbocycles. The minimum atomic E-state index is -4.42. The van der Waals surface area contributed by atoms with Crippen LogP contribution in [0, 0.1) is 0 Å². The van der Waals surface area contributed by atoms with Crippen molar-refractivity contribution in [3.05, 3.63) is 53.6 Å². The summed E-state index contributed by atoms with van der Waals surface area (Å²) >= 11 is 5.79. The van der Waals surface area contributed by atoms with Crippen molar-refractivity contribution in [2.45, 2.75) is 6.18 Å². The van der Waals surface area contributed by atoms with Crippen LogP contribution in [0.3, 0.4) is 0 Å². The highest BCUT2D eigenvalue weighted by molar-refractivity contribution is 6.28. The third-order valence-corrected chi connectivity index (χ3v) is 2.99. The summed E-state index contributed by atoms with van der Waals surface area (Å²) < 4.78 is 39.8. The Morgan fingerprint density at radius 2 is 1.75 bits per heavy atom. The molecule has 20 heavy (non-hydrogen) atoms. The first-order valence-corrected chi connectivity index (χ1v) is 6.01. The van der Waals surface area contributed by atoms with Gasteiger partial charge in [-0.15, -0.1) is 0 Å². The first kappa shape index (κ1) is 12.9. The van der Waals surface area contributed by atoms with E-state index in [2.05, 4.69) is 9.97 Å². The Morgan fingerprint density at radius 1 is 1.05 bits per heavy atom.